The smallest absolute Gasteiger partial charge is 0.164 e. The van der Waals surface area contributed by atoms with Gasteiger partial charge in [0.2, 0.25) is 0 Å². The number of aromatic nitrogens is 5. The van der Waals surface area contributed by atoms with E-state index in [0.717, 1.165) is 105 Å². The van der Waals surface area contributed by atoms with Crippen LogP contribution in [0.3, 0.4) is 0 Å². The van der Waals surface area contributed by atoms with Gasteiger partial charge in [0.1, 0.15) is 22.3 Å². The molecular weight excluding hydrogens is 883 g/mol. The molecule has 0 saturated carbocycles. The van der Waals surface area contributed by atoms with Gasteiger partial charge in [0, 0.05) is 71.5 Å². The second-order valence-corrected chi connectivity index (χ2v) is 18.7. The monoisotopic (exact) mass is 919 g/mol. The summed E-state index contributed by atoms with van der Waals surface area (Å²) in [6, 6.07) is 79.0. The van der Waals surface area contributed by atoms with Crippen molar-refractivity contribution in [2.75, 3.05) is 0 Å². The molecule has 0 fully saturated rings. The van der Waals surface area contributed by atoms with E-state index < -0.39 is 0 Å². The predicted molar refractivity (Wildman–Crippen MR) is 294 cm³/mol. The van der Waals surface area contributed by atoms with Crippen LogP contribution in [0.25, 0.3) is 155 Å². The van der Waals surface area contributed by atoms with Crippen molar-refractivity contribution in [1.82, 2.24) is 24.1 Å². The van der Waals surface area contributed by atoms with Crippen LogP contribution in [-0.4, -0.2) is 24.1 Å². The predicted octanol–water partition coefficient (Wildman–Crippen LogP) is 17.2. The van der Waals surface area contributed by atoms with Crippen LogP contribution < -0.4 is 0 Å². The lowest BCUT2D eigenvalue weighted by atomic mass is 10.0. The highest BCUT2D eigenvalue weighted by molar-refractivity contribution is 6.24. The Kier molecular flexibility index (Phi) is 8.04. The molecule has 16 aromatic rings. The molecule has 16 rings (SSSR count). The first kappa shape index (κ1) is 39.0. The van der Waals surface area contributed by atoms with Crippen LogP contribution in [0.4, 0.5) is 0 Å². The molecular formula is C65H37N5O2. The lowest BCUT2D eigenvalue weighted by Gasteiger charge is -2.14. The Bertz CT molecular complexity index is 4940. The number of hydrogen-bond acceptors (Lipinski definition) is 5. The van der Waals surface area contributed by atoms with Crippen molar-refractivity contribution in [3.05, 3.63) is 224 Å². The molecule has 334 valence electrons. The highest BCUT2D eigenvalue weighted by Gasteiger charge is 2.25. The maximum Gasteiger partial charge on any atom is 0.164 e. The van der Waals surface area contributed by atoms with Gasteiger partial charge in [0.25, 0.3) is 0 Å². The van der Waals surface area contributed by atoms with E-state index in [1.54, 1.807) is 0 Å². The fraction of sp³-hybridized carbons (Fsp3) is 0. The number of nitrogens with zero attached hydrogens (tertiary/aromatic N) is 5. The number of hydrogen-bond donors (Lipinski definition) is 0. The van der Waals surface area contributed by atoms with Gasteiger partial charge in [0.05, 0.1) is 27.8 Å². The first-order valence-electron chi connectivity index (χ1n) is 24.3. The summed E-state index contributed by atoms with van der Waals surface area (Å²) < 4.78 is 18.1. The van der Waals surface area contributed by atoms with Crippen molar-refractivity contribution >= 4 is 109 Å². The van der Waals surface area contributed by atoms with E-state index in [4.69, 9.17) is 23.8 Å². The first-order valence-corrected chi connectivity index (χ1v) is 24.3. The van der Waals surface area contributed by atoms with Crippen LogP contribution in [0.1, 0.15) is 0 Å². The fourth-order valence-corrected chi connectivity index (χ4v) is 11.7. The average Bonchev–Trinajstić information content (AvgIpc) is 4.20. The molecule has 7 nitrogen and oxygen atoms in total. The SMILES string of the molecule is c1ccc(-n2c3ccccc3c3c(-c4nc(-c5cccc6oc7ccccc7c56)nc(-c5cc(-n6c7cc8ccccc8cc7c7c8ccccc8ccc76)cc6oc7ccccc7c56)n4)cccc32)cc1. The zero-order valence-electron chi connectivity index (χ0n) is 38.4. The van der Waals surface area contributed by atoms with E-state index in [1.165, 1.54) is 32.3 Å². The molecule has 0 aliphatic rings. The molecule has 0 unspecified atom stereocenters. The molecule has 0 N–H and O–H groups in total. The summed E-state index contributed by atoms with van der Waals surface area (Å²) in [6.07, 6.45) is 0. The second kappa shape index (κ2) is 14.8. The van der Waals surface area contributed by atoms with E-state index in [0.29, 0.717) is 17.5 Å². The van der Waals surface area contributed by atoms with Gasteiger partial charge in [-0.25, -0.2) is 15.0 Å². The van der Waals surface area contributed by atoms with E-state index >= 15 is 0 Å². The summed E-state index contributed by atoms with van der Waals surface area (Å²) >= 11 is 0. The molecule has 7 heteroatoms. The van der Waals surface area contributed by atoms with Gasteiger partial charge in [-0.05, 0) is 88.3 Å². The Hall–Kier alpha value is -9.85. The van der Waals surface area contributed by atoms with Crippen LogP contribution in [0.2, 0.25) is 0 Å². The minimum absolute atomic E-state index is 0.527. The number of rotatable bonds is 5. The van der Waals surface area contributed by atoms with Crippen LogP contribution in [0, 0.1) is 0 Å². The minimum Gasteiger partial charge on any atom is -0.456 e. The van der Waals surface area contributed by atoms with Gasteiger partial charge in [-0.15, -0.1) is 0 Å². The highest BCUT2D eigenvalue weighted by atomic mass is 16.3. The molecule has 0 spiro atoms. The van der Waals surface area contributed by atoms with Gasteiger partial charge < -0.3 is 18.0 Å². The Morgan fingerprint density at radius 3 is 1.56 bits per heavy atom. The zero-order valence-corrected chi connectivity index (χ0v) is 38.4. The largest absolute Gasteiger partial charge is 0.456 e. The minimum atomic E-state index is 0.527. The quantitative estimate of drug-likeness (QED) is 0.172. The molecule has 0 aliphatic carbocycles. The Balaban J connectivity index is 1.04. The highest BCUT2D eigenvalue weighted by Crippen LogP contribution is 2.45. The summed E-state index contributed by atoms with van der Waals surface area (Å²) in [7, 11) is 0. The topological polar surface area (TPSA) is 74.8 Å². The van der Waals surface area contributed by atoms with Gasteiger partial charge in [-0.3, -0.25) is 0 Å². The molecule has 5 aromatic heterocycles. The molecule has 0 aliphatic heterocycles. The molecule has 0 atom stereocenters. The Labute approximate surface area is 410 Å². The van der Waals surface area contributed by atoms with Crippen LogP contribution in [-0.2, 0) is 0 Å². The number of furan rings is 2. The van der Waals surface area contributed by atoms with Crippen molar-refractivity contribution in [3.8, 4) is 45.5 Å². The number of fused-ring (bicyclic) bond motifs is 15. The van der Waals surface area contributed by atoms with Crippen molar-refractivity contribution in [1.29, 1.82) is 0 Å². The van der Waals surface area contributed by atoms with E-state index in [9.17, 15) is 0 Å². The van der Waals surface area contributed by atoms with Crippen molar-refractivity contribution in [3.63, 3.8) is 0 Å². The van der Waals surface area contributed by atoms with Gasteiger partial charge >= 0.3 is 0 Å². The summed E-state index contributed by atoms with van der Waals surface area (Å²) in [5, 5.41) is 13.2. The van der Waals surface area contributed by atoms with Gasteiger partial charge in [0.15, 0.2) is 17.5 Å². The molecule has 0 amide bonds. The standard InChI is InChI=1S/C65H37N5O2/c1-2-19-41(20-3-1)69-51-27-11-8-22-44(51)60-47(25-14-28-52(60)69)63-66-64(48-26-15-31-57-61(48)45-23-9-12-29-55(45)71-57)68-65(67-63)50-36-42(37-58-62(50)46-24-10-13-30-56(46)72-58)70-53-33-32-38-16-6-7-21-43(38)59(53)49-34-39-17-4-5-18-40(39)35-54(49)70/h1-37H. The van der Waals surface area contributed by atoms with E-state index in [1.807, 2.05) is 42.5 Å². The fourth-order valence-electron chi connectivity index (χ4n) is 11.7. The molecule has 11 aromatic carbocycles. The van der Waals surface area contributed by atoms with Gasteiger partial charge in [-0.2, -0.15) is 0 Å². The molecule has 0 saturated heterocycles. The van der Waals surface area contributed by atoms with Crippen molar-refractivity contribution < 1.29 is 8.83 Å². The normalized spacial score (nSPS) is 12.2. The Morgan fingerprint density at radius 2 is 0.792 bits per heavy atom. The third-order valence-corrected chi connectivity index (χ3v) is 14.7. The summed E-state index contributed by atoms with van der Waals surface area (Å²) in [5.41, 5.74) is 12.0. The Morgan fingerprint density at radius 1 is 0.264 bits per heavy atom. The lowest BCUT2D eigenvalue weighted by Crippen LogP contribution is -2.02. The third kappa shape index (κ3) is 5.58. The number of benzene rings is 11. The van der Waals surface area contributed by atoms with E-state index in [-0.39, 0.29) is 0 Å². The molecule has 72 heavy (non-hydrogen) atoms. The number of para-hydroxylation sites is 4. The van der Waals surface area contributed by atoms with Crippen molar-refractivity contribution in [2.24, 2.45) is 0 Å². The lowest BCUT2D eigenvalue weighted by molar-refractivity contribution is 0.668. The van der Waals surface area contributed by atoms with Crippen LogP contribution in [0.15, 0.2) is 233 Å². The second-order valence-electron chi connectivity index (χ2n) is 18.7. The average molecular weight is 920 g/mol. The zero-order chi connectivity index (χ0) is 47.0. The van der Waals surface area contributed by atoms with Crippen LogP contribution in [0.5, 0.6) is 0 Å². The van der Waals surface area contributed by atoms with Gasteiger partial charge in [-0.1, -0.05) is 152 Å². The third-order valence-electron chi connectivity index (χ3n) is 14.7. The maximum atomic E-state index is 6.89. The first-order chi connectivity index (χ1) is 35.7. The van der Waals surface area contributed by atoms with E-state index in [2.05, 4.69) is 191 Å². The van der Waals surface area contributed by atoms with Crippen molar-refractivity contribution in [2.45, 2.75) is 0 Å². The molecule has 0 radical (unpaired) electrons. The maximum absolute atomic E-state index is 6.89. The summed E-state index contributed by atoms with van der Waals surface area (Å²) in [5.74, 6) is 1.62. The molecule has 0 bridgehead atoms. The molecule has 5 heterocycles. The van der Waals surface area contributed by atoms with Crippen LogP contribution >= 0.6 is 0 Å². The summed E-state index contributed by atoms with van der Waals surface area (Å²) in [6.45, 7) is 0. The summed E-state index contributed by atoms with van der Waals surface area (Å²) in [4.78, 5) is 16.7.